The van der Waals surface area contributed by atoms with Crippen LogP contribution in [0.5, 0.6) is 17.2 Å². The van der Waals surface area contributed by atoms with Crippen molar-refractivity contribution in [1.82, 2.24) is 0 Å². The third kappa shape index (κ3) is 4.96. The topological polar surface area (TPSA) is 61.8 Å². The van der Waals surface area contributed by atoms with Crippen molar-refractivity contribution in [2.45, 2.75) is 0 Å². The van der Waals surface area contributed by atoms with E-state index in [4.69, 9.17) is 14.2 Å². The predicted molar refractivity (Wildman–Crippen MR) is 118 cm³/mol. The van der Waals surface area contributed by atoms with Crippen molar-refractivity contribution in [3.8, 4) is 17.2 Å². The first-order valence-corrected chi connectivity index (χ1v) is 9.83. The molecule has 0 fully saturated rings. The van der Waals surface area contributed by atoms with Crippen molar-refractivity contribution in [3.05, 3.63) is 94.0 Å². The third-order valence-corrected chi connectivity index (χ3v) is 4.83. The van der Waals surface area contributed by atoms with E-state index in [-0.39, 0.29) is 11.3 Å². The normalized spacial score (nSPS) is 10.6. The van der Waals surface area contributed by atoms with Gasteiger partial charge in [0.1, 0.15) is 22.8 Å². The Labute approximate surface area is 183 Å². The van der Waals surface area contributed by atoms with Crippen LogP contribution in [0.25, 0.3) is 6.08 Å². The van der Waals surface area contributed by atoms with E-state index in [1.165, 1.54) is 20.3 Å². The second-order valence-electron chi connectivity index (χ2n) is 6.17. The highest BCUT2D eigenvalue weighted by atomic mass is 79.9. The minimum Gasteiger partial charge on any atom is -0.496 e. The van der Waals surface area contributed by atoms with Gasteiger partial charge in [-0.3, -0.25) is 4.79 Å². The molecule has 3 rings (SSSR count). The predicted octanol–water partition coefficient (Wildman–Crippen LogP) is 5.58. The molecule has 0 atom stereocenters. The SMILES string of the molecule is COc1cccc(OC)c1C(=O)Oc1ccccc1/C=C/C(=O)c1ccc(Br)cc1. The Morgan fingerprint density at radius 3 is 2.03 bits per heavy atom. The fourth-order valence-electron chi connectivity index (χ4n) is 2.79. The van der Waals surface area contributed by atoms with E-state index in [0.717, 1.165) is 4.47 Å². The van der Waals surface area contributed by atoms with Gasteiger partial charge in [-0.05, 0) is 54.6 Å². The van der Waals surface area contributed by atoms with Gasteiger partial charge < -0.3 is 14.2 Å². The van der Waals surface area contributed by atoms with Crippen LogP contribution in [0.15, 0.2) is 77.3 Å². The van der Waals surface area contributed by atoms with Crippen molar-refractivity contribution in [2.24, 2.45) is 0 Å². The minimum atomic E-state index is -0.621. The molecule has 0 aliphatic heterocycles. The summed E-state index contributed by atoms with van der Waals surface area (Å²) in [5.74, 6) is 0.227. The molecule has 0 heterocycles. The molecule has 30 heavy (non-hydrogen) atoms. The zero-order chi connectivity index (χ0) is 21.5. The van der Waals surface area contributed by atoms with Crippen molar-refractivity contribution in [3.63, 3.8) is 0 Å². The number of hydrogen-bond acceptors (Lipinski definition) is 5. The molecule has 0 aromatic heterocycles. The van der Waals surface area contributed by atoms with Crippen LogP contribution in [0.2, 0.25) is 0 Å². The fourth-order valence-corrected chi connectivity index (χ4v) is 3.05. The number of methoxy groups -OCH3 is 2. The molecule has 0 bridgehead atoms. The molecule has 0 N–H and O–H groups in total. The average Bonchev–Trinajstić information content (AvgIpc) is 2.78. The maximum Gasteiger partial charge on any atom is 0.351 e. The van der Waals surface area contributed by atoms with Gasteiger partial charge in [0, 0.05) is 15.6 Å². The number of ether oxygens (including phenoxy) is 3. The molecular formula is C24H19BrO5. The summed E-state index contributed by atoms with van der Waals surface area (Å²) in [7, 11) is 2.94. The number of esters is 1. The van der Waals surface area contributed by atoms with Gasteiger partial charge in [-0.25, -0.2) is 4.79 Å². The molecule has 0 radical (unpaired) electrons. The summed E-state index contributed by atoms with van der Waals surface area (Å²) in [6.07, 6.45) is 3.06. The van der Waals surface area contributed by atoms with E-state index in [1.807, 2.05) is 0 Å². The Morgan fingerprint density at radius 1 is 0.800 bits per heavy atom. The fraction of sp³-hybridized carbons (Fsp3) is 0.0833. The lowest BCUT2D eigenvalue weighted by Gasteiger charge is -2.13. The lowest BCUT2D eigenvalue weighted by atomic mass is 10.1. The van der Waals surface area contributed by atoms with Crippen LogP contribution in [0.3, 0.4) is 0 Å². The summed E-state index contributed by atoms with van der Waals surface area (Å²) in [6, 6.07) is 19.1. The van der Waals surface area contributed by atoms with Crippen LogP contribution in [0.1, 0.15) is 26.3 Å². The molecule has 0 saturated heterocycles. The van der Waals surface area contributed by atoms with Crippen LogP contribution in [-0.4, -0.2) is 26.0 Å². The Hall–Kier alpha value is -3.38. The van der Waals surface area contributed by atoms with E-state index in [1.54, 1.807) is 72.8 Å². The Kier molecular flexibility index (Phi) is 7.03. The van der Waals surface area contributed by atoms with E-state index in [2.05, 4.69) is 15.9 Å². The monoisotopic (exact) mass is 466 g/mol. The van der Waals surface area contributed by atoms with E-state index in [9.17, 15) is 9.59 Å². The lowest BCUT2D eigenvalue weighted by molar-refractivity contribution is 0.0727. The zero-order valence-electron chi connectivity index (χ0n) is 16.4. The molecule has 5 nitrogen and oxygen atoms in total. The van der Waals surface area contributed by atoms with Gasteiger partial charge in [0.25, 0.3) is 0 Å². The molecule has 3 aromatic carbocycles. The number of carbonyl (C=O) groups is 2. The quantitative estimate of drug-likeness (QED) is 0.197. The van der Waals surface area contributed by atoms with Crippen LogP contribution in [0, 0.1) is 0 Å². The molecule has 0 aliphatic carbocycles. The van der Waals surface area contributed by atoms with Gasteiger partial charge in [0.15, 0.2) is 5.78 Å². The van der Waals surface area contributed by atoms with E-state index < -0.39 is 5.97 Å². The smallest absolute Gasteiger partial charge is 0.351 e. The van der Waals surface area contributed by atoms with Crippen LogP contribution >= 0.6 is 15.9 Å². The second-order valence-corrected chi connectivity index (χ2v) is 7.09. The van der Waals surface area contributed by atoms with Crippen LogP contribution in [0.4, 0.5) is 0 Å². The highest BCUT2D eigenvalue weighted by molar-refractivity contribution is 9.10. The average molecular weight is 467 g/mol. The summed E-state index contributed by atoms with van der Waals surface area (Å²) in [6.45, 7) is 0. The minimum absolute atomic E-state index is 0.157. The molecule has 0 amide bonds. The largest absolute Gasteiger partial charge is 0.496 e. The third-order valence-electron chi connectivity index (χ3n) is 4.30. The number of carbonyl (C=O) groups excluding carboxylic acids is 2. The van der Waals surface area contributed by atoms with E-state index >= 15 is 0 Å². The number of rotatable bonds is 7. The summed E-state index contributed by atoms with van der Waals surface area (Å²) in [5, 5.41) is 0. The summed E-state index contributed by atoms with van der Waals surface area (Å²) in [4.78, 5) is 25.2. The van der Waals surface area contributed by atoms with Gasteiger partial charge in [-0.2, -0.15) is 0 Å². The van der Waals surface area contributed by atoms with Crippen molar-refractivity contribution in [1.29, 1.82) is 0 Å². The summed E-state index contributed by atoms with van der Waals surface area (Å²) >= 11 is 3.35. The highest BCUT2D eigenvalue weighted by Gasteiger charge is 2.21. The molecule has 0 unspecified atom stereocenters. The van der Waals surface area contributed by atoms with Gasteiger partial charge in [-0.1, -0.05) is 40.2 Å². The molecule has 0 aliphatic rings. The summed E-state index contributed by atoms with van der Waals surface area (Å²) < 4.78 is 17.0. The Bertz CT molecular complexity index is 1060. The molecule has 152 valence electrons. The van der Waals surface area contributed by atoms with Crippen LogP contribution in [-0.2, 0) is 0 Å². The van der Waals surface area contributed by atoms with Gasteiger partial charge in [-0.15, -0.1) is 0 Å². The Morgan fingerprint density at radius 2 is 1.40 bits per heavy atom. The lowest BCUT2D eigenvalue weighted by Crippen LogP contribution is -2.12. The molecular weight excluding hydrogens is 448 g/mol. The number of para-hydroxylation sites is 1. The Balaban J connectivity index is 1.85. The standard InChI is InChI=1S/C24H19BrO5/c1-28-21-8-5-9-22(29-2)23(21)24(27)30-20-7-4-3-6-17(20)12-15-19(26)16-10-13-18(25)14-11-16/h3-15H,1-2H3/b15-12+. The van der Waals surface area contributed by atoms with E-state index in [0.29, 0.717) is 28.4 Å². The number of ketones is 1. The second kappa shape index (κ2) is 9.89. The number of hydrogen-bond donors (Lipinski definition) is 0. The number of benzene rings is 3. The number of halogens is 1. The number of allylic oxidation sites excluding steroid dienone is 1. The maximum atomic E-state index is 12.8. The van der Waals surface area contributed by atoms with Gasteiger partial charge in [0.2, 0.25) is 0 Å². The highest BCUT2D eigenvalue weighted by Crippen LogP contribution is 2.30. The van der Waals surface area contributed by atoms with Gasteiger partial charge >= 0.3 is 5.97 Å². The first-order valence-electron chi connectivity index (χ1n) is 9.03. The van der Waals surface area contributed by atoms with Crippen molar-refractivity contribution >= 4 is 33.8 Å². The molecule has 3 aromatic rings. The van der Waals surface area contributed by atoms with Crippen LogP contribution < -0.4 is 14.2 Å². The summed E-state index contributed by atoms with van der Waals surface area (Å²) in [5.41, 5.74) is 1.33. The van der Waals surface area contributed by atoms with Gasteiger partial charge in [0.05, 0.1) is 14.2 Å². The molecule has 6 heteroatoms. The maximum absolute atomic E-state index is 12.8. The molecule has 0 spiro atoms. The van der Waals surface area contributed by atoms with Crippen molar-refractivity contribution < 1.29 is 23.8 Å². The van der Waals surface area contributed by atoms with Crippen molar-refractivity contribution in [2.75, 3.05) is 14.2 Å². The first kappa shape index (κ1) is 21.3. The molecule has 0 saturated carbocycles. The first-order chi connectivity index (χ1) is 14.5. The zero-order valence-corrected chi connectivity index (χ0v) is 18.0.